The first-order valence-electron chi connectivity index (χ1n) is 11.9. The van der Waals surface area contributed by atoms with E-state index in [9.17, 15) is 9.59 Å². The van der Waals surface area contributed by atoms with E-state index in [4.69, 9.17) is 11.6 Å². The molecular weight excluding hydrogens is 502 g/mol. The summed E-state index contributed by atoms with van der Waals surface area (Å²) in [5.41, 5.74) is 3.33. The Balaban J connectivity index is 1.81. The molecule has 1 aliphatic rings. The number of nitrogens with one attached hydrogen (secondary N) is 2. The third-order valence-corrected chi connectivity index (χ3v) is 7.81. The number of rotatable bonds is 7. The predicted octanol–water partition coefficient (Wildman–Crippen LogP) is 6.38. The smallest absolute Gasteiger partial charge is 0.253 e. The van der Waals surface area contributed by atoms with E-state index in [0.717, 1.165) is 52.6 Å². The van der Waals surface area contributed by atoms with Crippen LogP contribution >= 0.6 is 27.5 Å². The summed E-state index contributed by atoms with van der Waals surface area (Å²) < 4.78 is 0.811. The lowest BCUT2D eigenvalue weighted by atomic mass is 9.79. The molecule has 1 amide bonds. The van der Waals surface area contributed by atoms with Crippen molar-refractivity contribution in [1.82, 2.24) is 10.3 Å². The van der Waals surface area contributed by atoms with Gasteiger partial charge in [0, 0.05) is 34.9 Å². The van der Waals surface area contributed by atoms with E-state index in [0.29, 0.717) is 22.2 Å². The van der Waals surface area contributed by atoms with Gasteiger partial charge in [0.25, 0.3) is 11.5 Å². The van der Waals surface area contributed by atoms with Crippen LogP contribution in [0.1, 0.15) is 73.6 Å². The number of pyridine rings is 1. The molecule has 0 spiro atoms. The van der Waals surface area contributed by atoms with Gasteiger partial charge in [-0.1, -0.05) is 41.4 Å². The van der Waals surface area contributed by atoms with Crippen molar-refractivity contribution in [3.63, 3.8) is 0 Å². The Morgan fingerprint density at radius 2 is 1.88 bits per heavy atom. The fraction of sp³-hybridized carbons (Fsp3) is 0.538. The summed E-state index contributed by atoms with van der Waals surface area (Å²) in [4.78, 5) is 30.5. The predicted molar refractivity (Wildman–Crippen MR) is 140 cm³/mol. The molecule has 1 fully saturated rings. The largest absolute Gasteiger partial charge is 0.368 e. The SMILES string of the molecule is CCN(c1cc(Br)cc(C(=O)NCc2c(C)cc(C)[nH]c2=O)c1Cl)C1CCC(C(C)C)CC1. The second-order valence-corrected chi connectivity index (χ2v) is 10.8. The maximum atomic E-state index is 13.1. The lowest BCUT2D eigenvalue weighted by molar-refractivity contribution is 0.0951. The number of H-pyrrole nitrogens is 1. The third-order valence-electron chi connectivity index (χ3n) is 6.96. The van der Waals surface area contributed by atoms with Crippen molar-refractivity contribution in [2.24, 2.45) is 11.8 Å². The molecule has 2 N–H and O–H groups in total. The number of aryl methyl sites for hydroxylation is 2. The summed E-state index contributed by atoms with van der Waals surface area (Å²) in [5.74, 6) is 1.21. The van der Waals surface area contributed by atoms with Gasteiger partial charge in [-0.3, -0.25) is 9.59 Å². The van der Waals surface area contributed by atoms with Gasteiger partial charge in [-0.2, -0.15) is 0 Å². The molecule has 1 heterocycles. The van der Waals surface area contributed by atoms with Crippen LogP contribution in [0, 0.1) is 25.7 Å². The zero-order chi connectivity index (χ0) is 24.3. The first-order chi connectivity index (χ1) is 15.6. The van der Waals surface area contributed by atoms with Gasteiger partial charge >= 0.3 is 0 Å². The number of hydrogen-bond acceptors (Lipinski definition) is 3. The molecule has 33 heavy (non-hydrogen) atoms. The lowest BCUT2D eigenvalue weighted by Crippen LogP contribution is -2.39. The average molecular weight is 537 g/mol. The number of carbonyl (C=O) groups excluding carboxylic acids is 1. The zero-order valence-corrected chi connectivity index (χ0v) is 22.6. The Kier molecular flexibility index (Phi) is 8.68. The van der Waals surface area contributed by atoms with Crippen LogP contribution in [0.5, 0.6) is 0 Å². The Hall–Kier alpha value is -1.79. The van der Waals surface area contributed by atoms with Crippen LogP contribution < -0.4 is 15.8 Å². The van der Waals surface area contributed by atoms with Crippen molar-refractivity contribution < 1.29 is 4.79 Å². The van der Waals surface area contributed by atoms with E-state index in [1.54, 1.807) is 6.07 Å². The fourth-order valence-electron chi connectivity index (χ4n) is 5.02. The van der Waals surface area contributed by atoms with Crippen molar-refractivity contribution in [3.8, 4) is 0 Å². The van der Waals surface area contributed by atoms with Crippen LogP contribution in [0.15, 0.2) is 27.5 Å². The maximum Gasteiger partial charge on any atom is 0.253 e. The minimum Gasteiger partial charge on any atom is -0.368 e. The van der Waals surface area contributed by atoms with Crippen molar-refractivity contribution in [1.29, 1.82) is 0 Å². The molecule has 2 aromatic rings. The minimum atomic E-state index is -0.290. The number of carbonyl (C=O) groups is 1. The van der Waals surface area contributed by atoms with Crippen LogP contribution in [-0.4, -0.2) is 23.5 Å². The lowest BCUT2D eigenvalue weighted by Gasteiger charge is -2.39. The summed E-state index contributed by atoms with van der Waals surface area (Å²) in [6.07, 6.45) is 4.72. The van der Waals surface area contributed by atoms with Gasteiger partial charge in [0.05, 0.1) is 16.3 Å². The molecule has 1 aliphatic carbocycles. The first kappa shape index (κ1) is 25.8. The Labute approximate surface area is 210 Å². The van der Waals surface area contributed by atoms with Crippen LogP contribution in [0.25, 0.3) is 0 Å². The summed E-state index contributed by atoms with van der Waals surface area (Å²) in [5, 5.41) is 3.34. The number of nitrogens with zero attached hydrogens (tertiary/aromatic N) is 1. The van der Waals surface area contributed by atoms with Crippen LogP contribution in [-0.2, 0) is 6.54 Å². The number of halogens is 2. The van der Waals surface area contributed by atoms with E-state index < -0.39 is 0 Å². The third kappa shape index (κ3) is 6.02. The highest BCUT2D eigenvalue weighted by molar-refractivity contribution is 9.10. The van der Waals surface area contributed by atoms with E-state index in [1.807, 2.05) is 26.0 Å². The van der Waals surface area contributed by atoms with Gasteiger partial charge in [0.2, 0.25) is 0 Å². The molecule has 0 unspecified atom stereocenters. The number of amides is 1. The summed E-state index contributed by atoms with van der Waals surface area (Å²) in [6.45, 7) is 11.4. The number of anilines is 1. The Morgan fingerprint density at radius 3 is 2.45 bits per heavy atom. The zero-order valence-electron chi connectivity index (χ0n) is 20.2. The van der Waals surface area contributed by atoms with E-state index in [2.05, 4.69) is 51.9 Å². The van der Waals surface area contributed by atoms with Gasteiger partial charge in [-0.05, 0) is 82.1 Å². The maximum absolute atomic E-state index is 13.1. The van der Waals surface area contributed by atoms with E-state index in [-0.39, 0.29) is 18.0 Å². The topological polar surface area (TPSA) is 65.2 Å². The number of aromatic amines is 1. The van der Waals surface area contributed by atoms with Crippen molar-refractivity contribution in [2.45, 2.75) is 72.9 Å². The van der Waals surface area contributed by atoms with Gasteiger partial charge in [-0.15, -0.1) is 0 Å². The first-order valence-corrected chi connectivity index (χ1v) is 13.0. The molecule has 3 rings (SSSR count). The molecule has 5 nitrogen and oxygen atoms in total. The molecule has 0 aliphatic heterocycles. The van der Waals surface area contributed by atoms with Crippen molar-refractivity contribution >= 4 is 39.1 Å². The Morgan fingerprint density at radius 1 is 1.21 bits per heavy atom. The second-order valence-electron chi connectivity index (χ2n) is 9.51. The number of aromatic nitrogens is 1. The normalized spacial score (nSPS) is 18.4. The van der Waals surface area contributed by atoms with Crippen LogP contribution in [0.4, 0.5) is 5.69 Å². The summed E-state index contributed by atoms with van der Waals surface area (Å²) >= 11 is 10.4. The molecule has 1 saturated carbocycles. The Bertz CT molecular complexity index is 1060. The summed E-state index contributed by atoms with van der Waals surface area (Å²) in [6, 6.07) is 6.07. The molecule has 0 bridgehead atoms. The monoisotopic (exact) mass is 535 g/mol. The molecule has 180 valence electrons. The average Bonchev–Trinajstić information content (AvgIpc) is 2.75. The highest BCUT2D eigenvalue weighted by Gasteiger charge is 2.29. The van der Waals surface area contributed by atoms with E-state index in [1.165, 1.54) is 12.8 Å². The van der Waals surface area contributed by atoms with Crippen LogP contribution in [0.2, 0.25) is 5.02 Å². The molecule has 1 aromatic carbocycles. The van der Waals surface area contributed by atoms with Crippen LogP contribution in [0.3, 0.4) is 0 Å². The molecule has 0 saturated heterocycles. The fourth-order valence-corrected chi connectivity index (χ4v) is 5.77. The highest BCUT2D eigenvalue weighted by atomic mass is 79.9. The van der Waals surface area contributed by atoms with Gasteiger partial charge in [0.1, 0.15) is 0 Å². The molecule has 1 aromatic heterocycles. The van der Waals surface area contributed by atoms with Gasteiger partial charge in [-0.25, -0.2) is 0 Å². The molecule has 0 radical (unpaired) electrons. The van der Waals surface area contributed by atoms with Gasteiger partial charge in [0.15, 0.2) is 0 Å². The van der Waals surface area contributed by atoms with Crippen molar-refractivity contribution in [2.75, 3.05) is 11.4 Å². The second kappa shape index (κ2) is 11.1. The quantitative estimate of drug-likeness (QED) is 0.432. The molecular formula is C26H35BrClN3O2. The van der Waals surface area contributed by atoms with E-state index >= 15 is 0 Å². The number of hydrogen-bond donors (Lipinski definition) is 2. The molecule has 7 heteroatoms. The highest BCUT2D eigenvalue weighted by Crippen LogP contribution is 2.39. The van der Waals surface area contributed by atoms with Gasteiger partial charge < -0.3 is 15.2 Å². The summed E-state index contributed by atoms with van der Waals surface area (Å²) in [7, 11) is 0. The standard InChI is InChI=1S/C26H35BrClN3O2/c1-6-31(20-9-7-18(8-10-20)15(2)3)23-13-19(27)12-21(24(23)28)25(32)29-14-22-16(4)11-17(5)30-26(22)33/h11-13,15,18,20H,6-10,14H2,1-5H3,(H,29,32)(H,30,33). The molecule has 0 atom stereocenters. The number of benzene rings is 1. The van der Waals surface area contributed by atoms with Crippen molar-refractivity contribution in [3.05, 3.63) is 60.4 Å². The minimum absolute atomic E-state index is 0.148.